The summed E-state index contributed by atoms with van der Waals surface area (Å²) in [5.74, 6) is 0.210. The SMILES string of the molecule is COC(=O)C1=CC(C)CC=C1. The van der Waals surface area contributed by atoms with Crippen LogP contribution >= 0.6 is 0 Å². The van der Waals surface area contributed by atoms with Crippen LogP contribution in [-0.2, 0) is 9.53 Å². The van der Waals surface area contributed by atoms with Gasteiger partial charge in [-0.3, -0.25) is 0 Å². The number of hydrogen-bond donors (Lipinski definition) is 0. The van der Waals surface area contributed by atoms with Crippen LogP contribution in [0.4, 0.5) is 0 Å². The molecule has 0 saturated heterocycles. The zero-order valence-corrected chi connectivity index (χ0v) is 6.83. The molecule has 0 aromatic rings. The van der Waals surface area contributed by atoms with Gasteiger partial charge in [0.1, 0.15) is 0 Å². The molecule has 0 radical (unpaired) electrons. The van der Waals surface area contributed by atoms with Crippen LogP contribution in [0.5, 0.6) is 0 Å². The molecule has 1 unspecified atom stereocenters. The number of carbonyl (C=O) groups is 1. The predicted octanol–water partition coefficient (Wildman–Crippen LogP) is 1.68. The Morgan fingerprint density at radius 1 is 1.73 bits per heavy atom. The van der Waals surface area contributed by atoms with E-state index < -0.39 is 0 Å². The average Bonchev–Trinajstić information content (AvgIpc) is 2.03. The molecule has 0 heterocycles. The third kappa shape index (κ3) is 1.93. The van der Waals surface area contributed by atoms with Crippen LogP contribution in [-0.4, -0.2) is 13.1 Å². The highest BCUT2D eigenvalue weighted by Gasteiger charge is 2.10. The van der Waals surface area contributed by atoms with Crippen molar-refractivity contribution in [2.24, 2.45) is 5.92 Å². The third-order valence-corrected chi connectivity index (χ3v) is 1.69. The first kappa shape index (κ1) is 8.05. The van der Waals surface area contributed by atoms with Gasteiger partial charge in [0.15, 0.2) is 0 Å². The van der Waals surface area contributed by atoms with E-state index in [1.165, 1.54) is 7.11 Å². The summed E-state index contributed by atoms with van der Waals surface area (Å²) in [6, 6.07) is 0. The second kappa shape index (κ2) is 3.37. The summed E-state index contributed by atoms with van der Waals surface area (Å²) in [6.07, 6.45) is 6.76. The first-order valence-corrected chi connectivity index (χ1v) is 3.70. The van der Waals surface area contributed by atoms with Crippen LogP contribution in [0, 0.1) is 5.92 Å². The molecule has 0 aliphatic heterocycles. The Hall–Kier alpha value is -1.05. The molecule has 0 fully saturated rings. The number of rotatable bonds is 1. The van der Waals surface area contributed by atoms with Crippen molar-refractivity contribution in [3.63, 3.8) is 0 Å². The van der Waals surface area contributed by atoms with Crippen LogP contribution in [0.25, 0.3) is 0 Å². The molecule has 2 heteroatoms. The lowest BCUT2D eigenvalue weighted by Gasteiger charge is -2.09. The smallest absolute Gasteiger partial charge is 0.337 e. The third-order valence-electron chi connectivity index (χ3n) is 1.69. The molecule has 0 N–H and O–H groups in total. The Labute approximate surface area is 66.5 Å². The highest BCUT2D eigenvalue weighted by atomic mass is 16.5. The van der Waals surface area contributed by atoms with Gasteiger partial charge in [-0.15, -0.1) is 0 Å². The first-order chi connectivity index (χ1) is 5.24. The Bertz CT molecular complexity index is 214. The van der Waals surface area contributed by atoms with E-state index in [0.717, 1.165) is 6.42 Å². The molecule has 1 atom stereocenters. The van der Waals surface area contributed by atoms with Gasteiger partial charge in [0, 0.05) is 0 Å². The lowest BCUT2D eigenvalue weighted by atomic mass is 9.98. The Morgan fingerprint density at radius 3 is 3.00 bits per heavy atom. The fourth-order valence-electron chi connectivity index (χ4n) is 1.09. The fraction of sp³-hybridized carbons (Fsp3) is 0.444. The number of carbonyl (C=O) groups excluding carboxylic acids is 1. The van der Waals surface area contributed by atoms with Gasteiger partial charge in [-0.25, -0.2) is 4.79 Å². The van der Waals surface area contributed by atoms with E-state index in [1.807, 2.05) is 18.2 Å². The van der Waals surface area contributed by atoms with Crippen molar-refractivity contribution in [2.45, 2.75) is 13.3 Å². The molecule has 60 valence electrons. The number of ether oxygens (including phenoxy) is 1. The molecule has 2 nitrogen and oxygen atoms in total. The van der Waals surface area contributed by atoms with E-state index in [-0.39, 0.29) is 5.97 Å². The van der Waals surface area contributed by atoms with Crippen molar-refractivity contribution in [1.29, 1.82) is 0 Å². The van der Waals surface area contributed by atoms with E-state index >= 15 is 0 Å². The largest absolute Gasteiger partial charge is 0.465 e. The van der Waals surface area contributed by atoms with Crippen molar-refractivity contribution >= 4 is 5.97 Å². The summed E-state index contributed by atoms with van der Waals surface area (Å²) < 4.78 is 4.58. The van der Waals surface area contributed by atoms with E-state index in [4.69, 9.17) is 0 Å². The summed E-state index contributed by atoms with van der Waals surface area (Å²) in [6.45, 7) is 2.08. The maximum atomic E-state index is 11.0. The Morgan fingerprint density at radius 2 is 2.45 bits per heavy atom. The standard InChI is InChI=1S/C9H12O2/c1-7-4-3-5-8(6-7)9(10)11-2/h3,5-7H,4H2,1-2H3. The molecule has 0 aromatic heterocycles. The lowest BCUT2D eigenvalue weighted by Crippen LogP contribution is -2.06. The van der Waals surface area contributed by atoms with Gasteiger partial charge in [0.25, 0.3) is 0 Å². The molecule has 0 amide bonds. The monoisotopic (exact) mass is 152 g/mol. The normalized spacial score (nSPS) is 22.7. The second-order valence-electron chi connectivity index (χ2n) is 2.73. The van der Waals surface area contributed by atoms with Gasteiger partial charge in [0.05, 0.1) is 12.7 Å². The predicted molar refractivity (Wildman–Crippen MR) is 43.0 cm³/mol. The summed E-state index contributed by atoms with van der Waals surface area (Å²) in [4.78, 5) is 11.0. The van der Waals surface area contributed by atoms with Gasteiger partial charge in [-0.2, -0.15) is 0 Å². The maximum Gasteiger partial charge on any atom is 0.337 e. The van der Waals surface area contributed by atoms with Crippen molar-refractivity contribution < 1.29 is 9.53 Å². The number of hydrogen-bond acceptors (Lipinski definition) is 2. The summed E-state index contributed by atoms with van der Waals surface area (Å²) in [5.41, 5.74) is 0.672. The Kier molecular flexibility index (Phi) is 2.47. The minimum Gasteiger partial charge on any atom is -0.465 e. The fourth-order valence-corrected chi connectivity index (χ4v) is 1.09. The zero-order chi connectivity index (χ0) is 8.27. The quantitative estimate of drug-likeness (QED) is 0.534. The summed E-state index contributed by atoms with van der Waals surface area (Å²) in [5, 5.41) is 0. The molecule has 0 aromatic carbocycles. The molecule has 11 heavy (non-hydrogen) atoms. The first-order valence-electron chi connectivity index (χ1n) is 3.70. The molecule has 1 aliphatic carbocycles. The molecule has 0 spiro atoms. The minimum atomic E-state index is -0.243. The molecule has 0 bridgehead atoms. The highest BCUT2D eigenvalue weighted by molar-refractivity contribution is 5.91. The molecular weight excluding hydrogens is 140 g/mol. The number of methoxy groups -OCH3 is 1. The van der Waals surface area contributed by atoms with Crippen molar-refractivity contribution in [2.75, 3.05) is 7.11 Å². The van der Waals surface area contributed by atoms with Crippen LogP contribution < -0.4 is 0 Å². The van der Waals surface area contributed by atoms with Gasteiger partial charge < -0.3 is 4.74 Å². The van der Waals surface area contributed by atoms with E-state index in [0.29, 0.717) is 11.5 Å². The topological polar surface area (TPSA) is 26.3 Å². The highest BCUT2D eigenvalue weighted by Crippen LogP contribution is 2.16. The second-order valence-corrected chi connectivity index (χ2v) is 2.73. The Balaban J connectivity index is 2.71. The van der Waals surface area contributed by atoms with Gasteiger partial charge in [-0.05, 0) is 12.3 Å². The van der Waals surface area contributed by atoms with Crippen LogP contribution in [0.3, 0.4) is 0 Å². The van der Waals surface area contributed by atoms with Crippen molar-refractivity contribution in [3.05, 3.63) is 23.8 Å². The maximum absolute atomic E-state index is 11.0. The van der Waals surface area contributed by atoms with Gasteiger partial charge in [0.2, 0.25) is 0 Å². The van der Waals surface area contributed by atoms with Crippen LogP contribution in [0.15, 0.2) is 23.8 Å². The van der Waals surface area contributed by atoms with E-state index in [1.54, 1.807) is 0 Å². The molecule has 1 rings (SSSR count). The average molecular weight is 152 g/mol. The van der Waals surface area contributed by atoms with Crippen LogP contribution in [0.2, 0.25) is 0 Å². The zero-order valence-electron chi connectivity index (χ0n) is 6.83. The van der Waals surface area contributed by atoms with Crippen molar-refractivity contribution in [3.8, 4) is 0 Å². The lowest BCUT2D eigenvalue weighted by molar-refractivity contribution is -0.135. The van der Waals surface area contributed by atoms with E-state index in [2.05, 4.69) is 11.7 Å². The minimum absolute atomic E-state index is 0.243. The molecule has 0 saturated carbocycles. The number of esters is 1. The molecular formula is C9H12O2. The summed E-state index contributed by atoms with van der Waals surface area (Å²) >= 11 is 0. The van der Waals surface area contributed by atoms with E-state index in [9.17, 15) is 4.79 Å². The molecule has 1 aliphatic rings. The van der Waals surface area contributed by atoms with Gasteiger partial charge in [-0.1, -0.05) is 25.2 Å². The summed E-state index contributed by atoms with van der Waals surface area (Å²) in [7, 11) is 1.40. The van der Waals surface area contributed by atoms with Crippen LogP contribution in [0.1, 0.15) is 13.3 Å². The van der Waals surface area contributed by atoms with Gasteiger partial charge >= 0.3 is 5.97 Å². The van der Waals surface area contributed by atoms with Crippen molar-refractivity contribution in [1.82, 2.24) is 0 Å². The number of allylic oxidation sites excluding steroid dienone is 2.